The molecule has 1 aromatic rings. The molecule has 0 amide bonds. The van der Waals surface area contributed by atoms with Crippen molar-refractivity contribution in [1.29, 1.82) is 0 Å². The molecule has 0 N–H and O–H groups in total. The molecule has 4 nitrogen and oxygen atoms in total. The number of halogens is 1. The van der Waals surface area contributed by atoms with Gasteiger partial charge in [0, 0.05) is 10.7 Å². The molecule has 0 spiro atoms. The van der Waals surface area contributed by atoms with Crippen LogP contribution >= 0.6 is 10.7 Å². The van der Waals surface area contributed by atoms with Crippen molar-refractivity contribution in [3.8, 4) is 0 Å². The van der Waals surface area contributed by atoms with Crippen molar-refractivity contribution in [2.24, 2.45) is 0 Å². The molecule has 0 aliphatic rings. The second-order valence-corrected chi connectivity index (χ2v) is 5.84. The number of allylic oxidation sites excluding steroid dienone is 1. The summed E-state index contributed by atoms with van der Waals surface area (Å²) in [4.78, 5) is 0.168. The Kier molecular flexibility index (Phi) is 4.15. The van der Waals surface area contributed by atoms with Crippen LogP contribution in [0.3, 0.4) is 0 Å². The molecule has 0 radical (unpaired) electrons. The van der Waals surface area contributed by atoms with E-state index in [9.17, 15) is 8.42 Å². The van der Waals surface area contributed by atoms with Crippen molar-refractivity contribution in [3.63, 3.8) is 0 Å². The predicted molar refractivity (Wildman–Crippen MR) is 64.2 cm³/mol. The van der Waals surface area contributed by atoms with Crippen LogP contribution in [0.5, 0.6) is 0 Å². The van der Waals surface area contributed by atoms with Gasteiger partial charge in [-0.15, -0.1) is 6.58 Å². The van der Waals surface area contributed by atoms with E-state index in [0.717, 1.165) is 0 Å². The van der Waals surface area contributed by atoms with Gasteiger partial charge in [-0.1, -0.05) is 19.9 Å². The zero-order valence-electron chi connectivity index (χ0n) is 9.40. The van der Waals surface area contributed by atoms with Crippen LogP contribution in [0.25, 0.3) is 0 Å². The van der Waals surface area contributed by atoms with Gasteiger partial charge in [0.05, 0.1) is 17.9 Å². The van der Waals surface area contributed by atoms with Crippen LogP contribution in [0, 0.1) is 0 Å². The minimum atomic E-state index is -3.73. The van der Waals surface area contributed by atoms with Gasteiger partial charge in [-0.25, -0.2) is 8.42 Å². The SMILES string of the molecule is C=CCn1nc(CC)c(S(=O)(=O)Cl)c1CC. The quantitative estimate of drug-likeness (QED) is 0.603. The molecule has 0 unspecified atom stereocenters. The summed E-state index contributed by atoms with van der Waals surface area (Å²) < 4.78 is 24.6. The molecule has 0 atom stereocenters. The van der Waals surface area contributed by atoms with Crippen LogP contribution in [0.1, 0.15) is 25.2 Å². The molecule has 90 valence electrons. The van der Waals surface area contributed by atoms with Gasteiger partial charge in [-0.3, -0.25) is 4.68 Å². The molecule has 1 aromatic heterocycles. The molecule has 0 saturated heterocycles. The molecular formula is C10H15ClN2O2S. The first-order valence-corrected chi connectivity index (χ1v) is 7.40. The molecule has 0 aliphatic heterocycles. The minimum Gasteiger partial charge on any atom is -0.264 e. The average Bonchev–Trinajstić information content (AvgIpc) is 2.55. The fourth-order valence-corrected chi connectivity index (χ4v) is 3.20. The third-order valence-corrected chi connectivity index (χ3v) is 3.71. The summed E-state index contributed by atoms with van der Waals surface area (Å²) in [5, 5.41) is 4.24. The molecule has 1 rings (SSSR count). The third kappa shape index (κ3) is 2.47. The summed E-state index contributed by atoms with van der Waals surface area (Å²) in [6, 6.07) is 0. The van der Waals surface area contributed by atoms with Gasteiger partial charge in [0.25, 0.3) is 9.05 Å². The Bertz CT molecular complexity index is 491. The second-order valence-electron chi connectivity index (χ2n) is 3.34. The van der Waals surface area contributed by atoms with E-state index < -0.39 is 9.05 Å². The van der Waals surface area contributed by atoms with Crippen molar-refractivity contribution in [3.05, 3.63) is 24.0 Å². The summed E-state index contributed by atoms with van der Waals surface area (Å²) in [6.45, 7) is 7.83. The molecular weight excluding hydrogens is 248 g/mol. The summed E-state index contributed by atoms with van der Waals surface area (Å²) in [6.07, 6.45) is 2.79. The normalized spacial score (nSPS) is 11.7. The molecule has 6 heteroatoms. The van der Waals surface area contributed by atoms with Gasteiger partial charge >= 0.3 is 0 Å². The number of hydrogen-bond acceptors (Lipinski definition) is 3. The van der Waals surface area contributed by atoms with Crippen LogP contribution in [0.4, 0.5) is 0 Å². The molecule has 0 bridgehead atoms. The molecule has 0 fully saturated rings. The number of nitrogens with zero attached hydrogens (tertiary/aromatic N) is 2. The Hall–Kier alpha value is -0.810. The average molecular weight is 263 g/mol. The maximum Gasteiger partial charge on any atom is 0.264 e. The lowest BCUT2D eigenvalue weighted by Gasteiger charge is -2.03. The molecule has 16 heavy (non-hydrogen) atoms. The van der Waals surface area contributed by atoms with Crippen molar-refractivity contribution in [2.45, 2.75) is 38.1 Å². The number of hydrogen-bond donors (Lipinski definition) is 0. The maximum atomic E-state index is 11.5. The van der Waals surface area contributed by atoms with Crippen molar-refractivity contribution >= 4 is 19.7 Å². The monoisotopic (exact) mass is 262 g/mol. The van der Waals surface area contributed by atoms with Crippen molar-refractivity contribution in [1.82, 2.24) is 9.78 Å². The van der Waals surface area contributed by atoms with E-state index in [-0.39, 0.29) is 4.90 Å². The van der Waals surface area contributed by atoms with Gasteiger partial charge in [0.1, 0.15) is 4.90 Å². The summed E-state index contributed by atoms with van der Waals surface area (Å²) >= 11 is 0. The van der Waals surface area contributed by atoms with Crippen LogP contribution < -0.4 is 0 Å². The number of aromatic nitrogens is 2. The van der Waals surface area contributed by atoms with E-state index in [4.69, 9.17) is 10.7 Å². The first-order valence-electron chi connectivity index (χ1n) is 5.09. The van der Waals surface area contributed by atoms with Gasteiger partial charge in [0.2, 0.25) is 0 Å². The van der Waals surface area contributed by atoms with E-state index in [1.165, 1.54) is 0 Å². The lowest BCUT2D eigenvalue weighted by Crippen LogP contribution is -2.04. The van der Waals surface area contributed by atoms with Crippen molar-refractivity contribution < 1.29 is 8.42 Å². The highest BCUT2D eigenvalue weighted by Crippen LogP contribution is 2.25. The van der Waals surface area contributed by atoms with Gasteiger partial charge in [0.15, 0.2) is 0 Å². The zero-order chi connectivity index (χ0) is 12.3. The first kappa shape index (κ1) is 13.3. The molecule has 1 heterocycles. The van der Waals surface area contributed by atoms with Crippen molar-refractivity contribution in [2.75, 3.05) is 0 Å². The summed E-state index contributed by atoms with van der Waals surface area (Å²) in [7, 11) is 1.70. The Morgan fingerprint density at radius 1 is 1.44 bits per heavy atom. The van der Waals surface area contributed by atoms with Gasteiger partial charge < -0.3 is 0 Å². The summed E-state index contributed by atoms with van der Waals surface area (Å²) in [5.74, 6) is 0. The third-order valence-electron chi connectivity index (χ3n) is 2.29. The Labute approximate surface area is 100 Å². The number of aryl methyl sites for hydroxylation is 1. The number of rotatable bonds is 5. The summed E-state index contributed by atoms with van der Waals surface area (Å²) in [5.41, 5.74) is 1.17. The Morgan fingerprint density at radius 2 is 2.06 bits per heavy atom. The van der Waals surface area contributed by atoms with Gasteiger partial charge in [-0.2, -0.15) is 5.10 Å². The molecule has 0 aromatic carbocycles. The Morgan fingerprint density at radius 3 is 2.44 bits per heavy atom. The largest absolute Gasteiger partial charge is 0.264 e. The van der Waals surface area contributed by atoms with E-state index >= 15 is 0 Å². The van der Waals surface area contributed by atoms with E-state index in [1.807, 2.05) is 13.8 Å². The topological polar surface area (TPSA) is 52.0 Å². The lowest BCUT2D eigenvalue weighted by molar-refractivity contribution is 0.606. The van der Waals surface area contributed by atoms with Gasteiger partial charge in [-0.05, 0) is 12.8 Å². The second kappa shape index (κ2) is 5.01. The van der Waals surface area contributed by atoms with Crippen LogP contribution in [-0.2, 0) is 28.4 Å². The minimum absolute atomic E-state index is 0.168. The van der Waals surface area contributed by atoms with E-state index in [0.29, 0.717) is 30.8 Å². The highest BCUT2D eigenvalue weighted by Gasteiger charge is 2.24. The standard InChI is InChI=1S/C10H15ClN2O2S/c1-4-7-13-9(6-3)10(16(11,14)15)8(5-2)12-13/h4H,1,5-7H2,2-3H3. The highest BCUT2D eigenvalue weighted by molar-refractivity contribution is 8.13. The van der Waals surface area contributed by atoms with Crippen LogP contribution in [0.15, 0.2) is 17.6 Å². The Balaban J connectivity index is 3.49. The first-order chi connectivity index (χ1) is 7.45. The van der Waals surface area contributed by atoms with E-state index in [1.54, 1.807) is 10.8 Å². The maximum absolute atomic E-state index is 11.5. The highest BCUT2D eigenvalue weighted by atomic mass is 35.7. The molecule has 0 aliphatic carbocycles. The van der Waals surface area contributed by atoms with Crippen LogP contribution in [-0.4, -0.2) is 18.2 Å². The fraction of sp³-hybridized carbons (Fsp3) is 0.500. The fourth-order valence-electron chi connectivity index (χ4n) is 1.66. The lowest BCUT2D eigenvalue weighted by atomic mass is 10.2. The van der Waals surface area contributed by atoms with E-state index in [2.05, 4.69) is 11.7 Å². The smallest absolute Gasteiger partial charge is 0.264 e. The zero-order valence-corrected chi connectivity index (χ0v) is 11.0. The molecule has 0 saturated carbocycles. The van der Waals surface area contributed by atoms with Crippen LogP contribution in [0.2, 0.25) is 0 Å². The predicted octanol–water partition coefficient (Wildman–Crippen LogP) is 2.12.